The molecule has 0 saturated heterocycles. The van der Waals surface area contributed by atoms with Gasteiger partial charge >= 0.3 is 0 Å². The van der Waals surface area contributed by atoms with Crippen LogP contribution < -0.4 is 10.1 Å². The van der Waals surface area contributed by atoms with Crippen molar-refractivity contribution in [1.82, 2.24) is 10.2 Å². The molecule has 2 heterocycles. The van der Waals surface area contributed by atoms with Gasteiger partial charge in [0.05, 0.1) is 24.7 Å². The Morgan fingerprint density at radius 3 is 2.71 bits per heavy atom. The van der Waals surface area contributed by atoms with E-state index in [1.165, 1.54) is 0 Å². The number of hydrogen-bond acceptors (Lipinski definition) is 5. The largest absolute Gasteiger partial charge is 0.493 e. The lowest BCUT2D eigenvalue weighted by atomic mass is 9.84. The predicted molar refractivity (Wildman–Crippen MR) is 82.5 cm³/mol. The van der Waals surface area contributed by atoms with Crippen LogP contribution >= 0.6 is 0 Å². The highest BCUT2D eigenvalue weighted by Gasteiger charge is 2.54. The molecule has 1 spiro atoms. The maximum absolute atomic E-state index is 9.83. The van der Waals surface area contributed by atoms with Crippen molar-refractivity contribution in [2.45, 2.75) is 25.0 Å². The number of fused-ring (bicyclic) bond motifs is 2. The second kappa shape index (κ2) is 4.71. The van der Waals surface area contributed by atoms with Crippen LogP contribution in [0.5, 0.6) is 5.75 Å². The summed E-state index contributed by atoms with van der Waals surface area (Å²) in [6.07, 6.45) is 0. The van der Waals surface area contributed by atoms with Gasteiger partial charge < -0.3 is 14.7 Å². The molecule has 2 atom stereocenters. The van der Waals surface area contributed by atoms with E-state index < -0.39 is 5.66 Å². The van der Waals surface area contributed by atoms with Gasteiger partial charge in [0.2, 0.25) is 0 Å². The van der Waals surface area contributed by atoms with Crippen molar-refractivity contribution in [1.29, 1.82) is 0 Å². The van der Waals surface area contributed by atoms with Crippen molar-refractivity contribution < 1.29 is 9.84 Å². The minimum atomic E-state index is -0.618. The normalized spacial score (nSPS) is 29.8. The molecule has 0 aromatic heterocycles. The predicted octanol–water partition coefficient (Wildman–Crippen LogP) is 1.18. The molecule has 1 aromatic carbocycles. The Bertz CT molecular complexity index is 583. The number of nitrogens with zero attached hydrogens (tertiary/aromatic N) is 2. The summed E-state index contributed by atoms with van der Waals surface area (Å²) in [6, 6.07) is 7.94. The summed E-state index contributed by atoms with van der Waals surface area (Å²) in [5.41, 5.74) is 0.119. The molecule has 1 aromatic rings. The molecule has 0 fully saturated rings. The quantitative estimate of drug-likeness (QED) is 0.815. The van der Waals surface area contributed by atoms with Gasteiger partial charge in [-0.25, -0.2) is 4.99 Å². The first-order valence-electron chi connectivity index (χ1n) is 7.31. The lowest BCUT2D eigenvalue weighted by Crippen LogP contribution is -2.57. The highest BCUT2D eigenvalue weighted by molar-refractivity contribution is 5.93. The fraction of sp³-hybridized carbons (Fsp3) is 0.562. The molecule has 5 heteroatoms. The summed E-state index contributed by atoms with van der Waals surface area (Å²) in [5, 5.41) is 13.5. The molecule has 2 unspecified atom stereocenters. The summed E-state index contributed by atoms with van der Waals surface area (Å²) in [5.74, 6) is 1.72. The molecule has 2 aliphatic rings. The molecule has 2 N–H and O–H groups in total. The average Bonchev–Trinajstić information content (AvgIpc) is 2.72. The van der Waals surface area contributed by atoms with Gasteiger partial charge in [-0.3, -0.25) is 5.32 Å². The van der Waals surface area contributed by atoms with Gasteiger partial charge in [0, 0.05) is 19.7 Å². The molecule has 0 amide bonds. The highest BCUT2D eigenvalue weighted by Crippen LogP contribution is 2.45. The minimum absolute atomic E-state index is 0.0294. The van der Waals surface area contributed by atoms with Gasteiger partial charge in [-0.2, -0.15) is 0 Å². The van der Waals surface area contributed by atoms with E-state index in [9.17, 15) is 5.11 Å². The number of amidine groups is 1. The van der Waals surface area contributed by atoms with Crippen LogP contribution in [0, 0.1) is 5.92 Å². The Hall–Kier alpha value is -1.59. The van der Waals surface area contributed by atoms with E-state index in [2.05, 4.69) is 19.2 Å². The highest BCUT2D eigenvalue weighted by atomic mass is 16.5. The number of nitrogens with one attached hydrogen (secondary N) is 1. The van der Waals surface area contributed by atoms with E-state index in [1.807, 2.05) is 43.3 Å². The second-order valence-electron chi connectivity index (χ2n) is 6.53. The van der Waals surface area contributed by atoms with Gasteiger partial charge in [-0.15, -0.1) is 0 Å². The van der Waals surface area contributed by atoms with Crippen molar-refractivity contribution in [3.8, 4) is 5.75 Å². The van der Waals surface area contributed by atoms with E-state index in [4.69, 9.17) is 9.73 Å². The van der Waals surface area contributed by atoms with Gasteiger partial charge in [0.25, 0.3) is 0 Å². The summed E-state index contributed by atoms with van der Waals surface area (Å²) in [7, 11) is 4.00. The van der Waals surface area contributed by atoms with Crippen molar-refractivity contribution >= 4 is 5.84 Å². The number of aliphatic imine (C=N–C) groups is 1. The maximum Gasteiger partial charge on any atom is 0.151 e. The van der Waals surface area contributed by atoms with Crippen LogP contribution in [0.15, 0.2) is 29.3 Å². The zero-order chi connectivity index (χ0) is 15.3. The van der Waals surface area contributed by atoms with Crippen molar-refractivity contribution in [3.63, 3.8) is 0 Å². The van der Waals surface area contributed by atoms with Crippen molar-refractivity contribution in [2.24, 2.45) is 10.9 Å². The van der Waals surface area contributed by atoms with Gasteiger partial charge in [-0.1, -0.05) is 18.2 Å². The first-order chi connectivity index (χ1) is 9.90. The van der Waals surface area contributed by atoms with E-state index in [1.54, 1.807) is 0 Å². The van der Waals surface area contributed by atoms with Crippen LogP contribution in [0.4, 0.5) is 0 Å². The van der Waals surface area contributed by atoms with Crippen LogP contribution in [0.3, 0.4) is 0 Å². The number of hydrogen-bond donors (Lipinski definition) is 2. The molecule has 0 aliphatic carbocycles. The number of benzene rings is 1. The Morgan fingerprint density at radius 1 is 1.38 bits per heavy atom. The zero-order valence-electron chi connectivity index (χ0n) is 13.1. The first kappa shape index (κ1) is 14.4. The van der Waals surface area contributed by atoms with E-state index in [0.29, 0.717) is 6.61 Å². The molecule has 0 bridgehead atoms. The van der Waals surface area contributed by atoms with Gasteiger partial charge in [0.1, 0.15) is 11.6 Å². The SMILES string of the molecule is CN(C)C1=NC2(NC1(C)C)c1ccccc1OCC2CO. The maximum atomic E-state index is 9.83. The smallest absolute Gasteiger partial charge is 0.151 e. The Kier molecular flexibility index (Phi) is 3.22. The lowest BCUT2D eigenvalue weighted by molar-refractivity contribution is 0.0554. The minimum Gasteiger partial charge on any atom is -0.493 e. The number of aliphatic hydroxyl groups excluding tert-OH is 1. The van der Waals surface area contributed by atoms with Crippen LogP contribution in [0.1, 0.15) is 19.4 Å². The topological polar surface area (TPSA) is 57.1 Å². The second-order valence-corrected chi connectivity index (χ2v) is 6.53. The Morgan fingerprint density at radius 2 is 2.10 bits per heavy atom. The van der Waals surface area contributed by atoms with Crippen molar-refractivity contribution in [2.75, 3.05) is 27.3 Å². The van der Waals surface area contributed by atoms with Gasteiger partial charge in [0.15, 0.2) is 5.66 Å². The van der Waals surface area contributed by atoms with Crippen LogP contribution in [0.25, 0.3) is 0 Å². The molecule has 0 saturated carbocycles. The molecule has 114 valence electrons. The molecule has 3 rings (SSSR count). The fourth-order valence-electron chi connectivity index (χ4n) is 3.47. The summed E-state index contributed by atoms with van der Waals surface area (Å²) < 4.78 is 5.79. The van der Waals surface area contributed by atoms with Crippen LogP contribution in [-0.2, 0) is 5.66 Å². The number of likely N-dealkylation sites (N-methyl/N-ethyl adjacent to an activating group) is 1. The standard InChI is InChI=1S/C16H23N3O2/c1-15(2)14(19(3)4)17-16(18-15)11(9-20)10-21-13-8-6-5-7-12(13)16/h5-8,11,18,20H,9-10H2,1-4H3. The number of rotatable bonds is 1. The lowest BCUT2D eigenvalue weighted by Gasteiger charge is -2.41. The zero-order valence-corrected chi connectivity index (χ0v) is 13.1. The molecular weight excluding hydrogens is 266 g/mol. The van der Waals surface area contributed by atoms with E-state index in [0.717, 1.165) is 17.1 Å². The van der Waals surface area contributed by atoms with Crippen LogP contribution in [-0.4, -0.2) is 48.7 Å². The molecule has 5 nitrogen and oxygen atoms in total. The molecule has 21 heavy (non-hydrogen) atoms. The first-order valence-corrected chi connectivity index (χ1v) is 7.31. The summed E-state index contributed by atoms with van der Waals surface area (Å²) in [4.78, 5) is 7.05. The van der Waals surface area contributed by atoms with E-state index in [-0.39, 0.29) is 18.1 Å². The third-order valence-corrected chi connectivity index (χ3v) is 4.32. The fourth-order valence-corrected chi connectivity index (χ4v) is 3.47. The Labute approximate surface area is 125 Å². The number of ether oxygens (including phenoxy) is 1. The average molecular weight is 289 g/mol. The third-order valence-electron chi connectivity index (χ3n) is 4.32. The monoisotopic (exact) mass is 289 g/mol. The summed E-state index contributed by atoms with van der Waals surface area (Å²) >= 11 is 0. The van der Waals surface area contributed by atoms with Gasteiger partial charge in [-0.05, 0) is 19.9 Å². The third kappa shape index (κ3) is 2.03. The summed E-state index contributed by atoms with van der Waals surface area (Å²) in [6.45, 7) is 4.72. The van der Waals surface area contributed by atoms with E-state index >= 15 is 0 Å². The van der Waals surface area contributed by atoms with Crippen LogP contribution in [0.2, 0.25) is 0 Å². The molecular formula is C16H23N3O2. The number of para-hydroxylation sites is 1. The molecule has 2 aliphatic heterocycles. The molecule has 0 radical (unpaired) electrons. The Balaban J connectivity index is 2.19. The number of aliphatic hydroxyl groups is 1. The van der Waals surface area contributed by atoms with Crippen molar-refractivity contribution in [3.05, 3.63) is 29.8 Å².